The summed E-state index contributed by atoms with van der Waals surface area (Å²) < 4.78 is 5.47. The monoisotopic (exact) mass is 246 g/mol. The van der Waals surface area contributed by atoms with Crippen LogP contribution in [0.4, 0.5) is 0 Å². The van der Waals surface area contributed by atoms with Crippen molar-refractivity contribution in [1.29, 1.82) is 0 Å². The number of carbonyl (C=O) groups excluding carboxylic acids is 1. The fourth-order valence-corrected chi connectivity index (χ4v) is 1.39. The maximum atomic E-state index is 11.4. The molecule has 2 N–H and O–H groups in total. The molecule has 0 saturated carbocycles. The maximum absolute atomic E-state index is 11.4. The van der Waals surface area contributed by atoms with Crippen molar-refractivity contribution in [2.75, 3.05) is 19.7 Å². The Morgan fingerprint density at radius 2 is 2.22 bits per heavy atom. The van der Waals surface area contributed by atoms with E-state index in [0.717, 1.165) is 18.7 Å². The molecule has 0 saturated heterocycles. The van der Waals surface area contributed by atoms with Crippen LogP contribution in [0.15, 0.2) is 24.3 Å². The van der Waals surface area contributed by atoms with Crippen molar-refractivity contribution in [3.05, 3.63) is 29.8 Å². The molecule has 4 nitrogen and oxygen atoms in total. The minimum Gasteiger partial charge on any atom is -0.483 e. The Hall–Kier alpha value is -1.99. The Balaban J connectivity index is 2.50. The molecule has 0 bridgehead atoms. The van der Waals surface area contributed by atoms with Gasteiger partial charge >= 0.3 is 0 Å². The molecule has 1 aromatic rings. The maximum Gasteiger partial charge on any atom is 0.258 e. The second-order valence-electron chi connectivity index (χ2n) is 3.66. The average Bonchev–Trinajstić information content (AvgIpc) is 2.41. The molecule has 1 rings (SSSR count). The van der Waals surface area contributed by atoms with Gasteiger partial charge in [0.05, 0.1) is 6.54 Å². The fraction of sp³-hybridized carbons (Fsp3) is 0.357. The van der Waals surface area contributed by atoms with Crippen LogP contribution >= 0.6 is 0 Å². The predicted molar refractivity (Wildman–Crippen MR) is 71.2 cm³/mol. The topological polar surface area (TPSA) is 50.4 Å². The van der Waals surface area contributed by atoms with E-state index in [4.69, 9.17) is 11.2 Å². The standard InChI is InChI=1S/C14H18N2O2/c1-3-9-16-14(17)11-18-13-8-6-5-7-12(13)10-15-4-2/h1,5-8,15H,4,9-11H2,2H3,(H,16,17). The number of rotatable bonds is 7. The molecular formula is C14H18N2O2. The number of ether oxygens (including phenoxy) is 1. The summed E-state index contributed by atoms with van der Waals surface area (Å²) in [5, 5.41) is 5.77. The van der Waals surface area contributed by atoms with Gasteiger partial charge in [-0.25, -0.2) is 0 Å². The lowest BCUT2D eigenvalue weighted by Crippen LogP contribution is -2.29. The molecule has 4 heteroatoms. The van der Waals surface area contributed by atoms with Gasteiger partial charge in [0.2, 0.25) is 0 Å². The highest BCUT2D eigenvalue weighted by atomic mass is 16.5. The Bertz CT molecular complexity index is 424. The van der Waals surface area contributed by atoms with Crippen LogP contribution in [0.5, 0.6) is 5.75 Å². The Kier molecular flexibility index (Phi) is 6.37. The zero-order chi connectivity index (χ0) is 13.2. The summed E-state index contributed by atoms with van der Waals surface area (Å²) in [6, 6.07) is 7.64. The highest BCUT2D eigenvalue weighted by molar-refractivity contribution is 5.77. The van der Waals surface area contributed by atoms with Gasteiger partial charge in [0.15, 0.2) is 6.61 Å². The number of benzene rings is 1. The first-order valence-corrected chi connectivity index (χ1v) is 5.89. The van der Waals surface area contributed by atoms with E-state index in [-0.39, 0.29) is 19.1 Å². The van der Waals surface area contributed by atoms with E-state index in [1.165, 1.54) is 0 Å². The molecule has 0 fully saturated rings. The predicted octanol–water partition coefficient (Wildman–Crippen LogP) is 0.924. The largest absolute Gasteiger partial charge is 0.483 e. The third-order valence-corrected chi connectivity index (χ3v) is 2.28. The summed E-state index contributed by atoms with van der Waals surface area (Å²) in [4.78, 5) is 11.4. The van der Waals surface area contributed by atoms with Crippen LogP contribution in [-0.2, 0) is 11.3 Å². The first kappa shape index (κ1) is 14.1. The van der Waals surface area contributed by atoms with Crippen molar-refractivity contribution in [2.45, 2.75) is 13.5 Å². The van der Waals surface area contributed by atoms with Gasteiger partial charge in [-0.3, -0.25) is 4.79 Å². The molecule has 96 valence electrons. The number of terminal acetylenes is 1. The summed E-state index contributed by atoms with van der Waals surface area (Å²) in [5.41, 5.74) is 1.03. The quantitative estimate of drug-likeness (QED) is 0.704. The summed E-state index contributed by atoms with van der Waals surface area (Å²) >= 11 is 0. The molecule has 0 aliphatic heterocycles. The minimum absolute atomic E-state index is 0.0230. The van der Waals surface area contributed by atoms with Crippen LogP contribution in [0, 0.1) is 12.3 Å². The van der Waals surface area contributed by atoms with Crippen LogP contribution in [0.2, 0.25) is 0 Å². The van der Waals surface area contributed by atoms with Gasteiger partial charge in [-0.15, -0.1) is 6.42 Å². The second kappa shape index (κ2) is 8.15. The first-order chi connectivity index (χ1) is 8.77. The fourth-order valence-electron chi connectivity index (χ4n) is 1.39. The van der Waals surface area contributed by atoms with Crippen molar-refractivity contribution < 1.29 is 9.53 Å². The van der Waals surface area contributed by atoms with Gasteiger partial charge in [0, 0.05) is 12.1 Å². The van der Waals surface area contributed by atoms with Gasteiger partial charge in [-0.05, 0) is 12.6 Å². The van der Waals surface area contributed by atoms with Crippen molar-refractivity contribution >= 4 is 5.91 Å². The van der Waals surface area contributed by atoms with Crippen LogP contribution in [0.3, 0.4) is 0 Å². The number of para-hydroxylation sites is 1. The second-order valence-corrected chi connectivity index (χ2v) is 3.66. The lowest BCUT2D eigenvalue weighted by Gasteiger charge is -2.11. The molecule has 0 aliphatic rings. The lowest BCUT2D eigenvalue weighted by atomic mass is 10.2. The highest BCUT2D eigenvalue weighted by Gasteiger charge is 2.05. The molecule has 0 aromatic heterocycles. The number of hydrogen-bond acceptors (Lipinski definition) is 3. The normalized spacial score (nSPS) is 9.56. The molecule has 1 aromatic carbocycles. The summed E-state index contributed by atoms with van der Waals surface area (Å²) in [5.74, 6) is 2.84. The number of carbonyl (C=O) groups is 1. The Morgan fingerprint density at radius 1 is 1.44 bits per heavy atom. The number of nitrogens with one attached hydrogen (secondary N) is 2. The third-order valence-electron chi connectivity index (χ3n) is 2.28. The highest BCUT2D eigenvalue weighted by Crippen LogP contribution is 2.17. The molecule has 0 unspecified atom stereocenters. The molecule has 0 atom stereocenters. The van der Waals surface area contributed by atoms with Crippen LogP contribution in [-0.4, -0.2) is 25.6 Å². The lowest BCUT2D eigenvalue weighted by molar-refractivity contribution is -0.122. The van der Waals surface area contributed by atoms with Gasteiger partial charge in [0.1, 0.15) is 5.75 Å². The molecule has 18 heavy (non-hydrogen) atoms. The molecule has 0 spiro atoms. The van der Waals surface area contributed by atoms with Crippen LogP contribution in [0.1, 0.15) is 12.5 Å². The van der Waals surface area contributed by atoms with E-state index < -0.39 is 0 Å². The third kappa shape index (κ3) is 4.89. The van der Waals surface area contributed by atoms with E-state index in [1.807, 2.05) is 31.2 Å². The van der Waals surface area contributed by atoms with Crippen LogP contribution < -0.4 is 15.4 Å². The minimum atomic E-state index is -0.216. The number of amides is 1. The molecule has 0 radical (unpaired) electrons. The van der Waals surface area contributed by atoms with Crippen molar-refractivity contribution in [2.24, 2.45) is 0 Å². The molecule has 0 aliphatic carbocycles. The van der Waals surface area contributed by atoms with E-state index in [9.17, 15) is 4.79 Å². The van der Waals surface area contributed by atoms with E-state index >= 15 is 0 Å². The average molecular weight is 246 g/mol. The van der Waals surface area contributed by atoms with Crippen LogP contribution in [0.25, 0.3) is 0 Å². The van der Waals surface area contributed by atoms with Crippen molar-refractivity contribution in [3.8, 4) is 18.1 Å². The van der Waals surface area contributed by atoms with Crippen molar-refractivity contribution in [1.82, 2.24) is 10.6 Å². The summed E-state index contributed by atoms with van der Waals surface area (Å²) in [6.45, 7) is 3.85. The first-order valence-electron chi connectivity index (χ1n) is 5.89. The van der Waals surface area contributed by atoms with E-state index in [0.29, 0.717) is 5.75 Å². The van der Waals surface area contributed by atoms with Gasteiger partial charge in [-0.2, -0.15) is 0 Å². The van der Waals surface area contributed by atoms with E-state index in [1.54, 1.807) is 0 Å². The molecular weight excluding hydrogens is 228 g/mol. The van der Waals surface area contributed by atoms with Gasteiger partial charge < -0.3 is 15.4 Å². The zero-order valence-corrected chi connectivity index (χ0v) is 10.5. The zero-order valence-electron chi connectivity index (χ0n) is 10.5. The molecule has 1 amide bonds. The summed E-state index contributed by atoms with van der Waals surface area (Å²) in [7, 11) is 0. The summed E-state index contributed by atoms with van der Waals surface area (Å²) in [6.07, 6.45) is 5.05. The van der Waals surface area contributed by atoms with Gasteiger partial charge in [-0.1, -0.05) is 31.0 Å². The Labute approximate surface area is 108 Å². The Morgan fingerprint density at radius 3 is 2.94 bits per heavy atom. The molecule has 0 heterocycles. The van der Waals surface area contributed by atoms with E-state index in [2.05, 4.69) is 16.6 Å². The number of hydrogen-bond donors (Lipinski definition) is 2. The van der Waals surface area contributed by atoms with Gasteiger partial charge in [0.25, 0.3) is 5.91 Å². The SMILES string of the molecule is C#CCNC(=O)COc1ccccc1CNCC. The van der Waals surface area contributed by atoms with Crippen molar-refractivity contribution in [3.63, 3.8) is 0 Å². The smallest absolute Gasteiger partial charge is 0.258 e.